The van der Waals surface area contributed by atoms with Crippen molar-refractivity contribution in [3.8, 4) is 5.75 Å². The lowest BCUT2D eigenvalue weighted by Gasteiger charge is -2.08. The molecule has 0 saturated carbocycles. The van der Waals surface area contributed by atoms with Crippen molar-refractivity contribution in [3.63, 3.8) is 0 Å². The zero-order chi connectivity index (χ0) is 14.1. The van der Waals surface area contributed by atoms with E-state index in [0.717, 1.165) is 10.1 Å². The molecule has 3 rings (SSSR count). The molecule has 0 saturated heterocycles. The number of methoxy groups -OCH3 is 1. The quantitative estimate of drug-likeness (QED) is 0.650. The molecule has 0 N–H and O–H groups in total. The highest BCUT2D eigenvalue weighted by atomic mass is 35.5. The van der Waals surface area contributed by atoms with Gasteiger partial charge in [0, 0.05) is 15.3 Å². The van der Waals surface area contributed by atoms with Crippen LogP contribution in [0.1, 0.15) is 15.9 Å². The molecule has 0 bridgehead atoms. The van der Waals surface area contributed by atoms with E-state index in [1.165, 1.54) is 0 Å². The van der Waals surface area contributed by atoms with Gasteiger partial charge in [-0.05, 0) is 41.1 Å². The van der Waals surface area contributed by atoms with Gasteiger partial charge in [-0.2, -0.15) is 0 Å². The van der Waals surface area contributed by atoms with Gasteiger partial charge in [-0.15, -0.1) is 11.3 Å². The third-order valence-corrected chi connectivity index (χ3v) is 4.33. The van der Waals surface area contributed by atoms with Gasteiger partial charge in [0.2, 0.25) is 0 Å². The number of halogens is 1. The molecular weight excluding hydrogens is 292 g/mol. The van der Waals surface area contributed by atoms with Crippen LogP contribution < -0.4 is 4.74 Å². The van der Waals surface area contributed by atoms with Crippen LogP contribution in [0.3, 0.4) is 0 Å². The minimum atomic E-state index is -0.0719. The van der Waals surface area contributed by atoms with E-state index in [9.17, 15) is 4.79 Å². The Labute approximate surface area is 125 Å². The minimum absolute atomic E-state index is 0.0719. The van der Waals surface area contributed by atoms with Crippen molar-refractivity contribution in [2.75, 3.05) is 7.11 Å². The molecule has 0 radical (unpaired) electrons. The lowest BCUT2D eigenvalue weighted by molar-refractivity contribution is 0.103. The first-order valence-electron chi connectivity index (χ1n) is 6.05. The SMILES string of the molecule is COc1ccc(Cl)cc1C(=O)c1cccc2ccsc12. The molecule has 0 amide bonds. The maximum Gasteiger partial charge on any atom is 0.198 e. The summed E-state index contributed by atoms with van der Waals surface area (Å²) in [5.74, 6) is 0.463. The van der Waals surface area contributed by atoms with Crippen molar-refractivity contribution >= 4 is 38.8 Å². The smallest absolute Gasteiger partial charge is 0.198 e. The summed E-state index contributed by atoms with van der Waals surface area (Å²) >= 11 is 7.56. The maximum absolute atomic E-state index is 12.8. The fourth-order valence-electron chi connectivity index (χ4n) is 2.17. The Balaban J connectivity index is 2.18. The molecule has 0 aliphatic rings. The van der Waals surface area contributed by atoms with E-state index in [1.54, 1.807) is 36.6 Å². The van der Waals surface area contributed by atoms with Crippen LogP contribution in [0, 0.1) is 0 Å². The highest BCUT2D eigenvalue weighted by Crippen LogP contribution is 2.30. The molecule has 0 unspecified atom stereocenters. The Morgan fingerprint density at radius 3 is 2.80 bits per heavy atom. The van der Waals surface area contributed by atoms with Gasteiger partial charge in [0.25, 0.3) is 0 Å². The van der Waals surface area contributed by atoms with Crippen molar-refractivity contribution < 1.29 is 9.53 Å². The number of hydrogen-bond donors (Lipinski definition) is 0. The summed E-state index contributed by atoms with van der Waals surface area (Å²) in [5, 5.41) is 3.57. The molecule has 0 fully saturated rings. The van der Waals surface area contributed by atoms with Crippen LogP contribution in [0.25, 0.3) is 10.1 Å². The van der Waals surface area contributed by atoms with E-state index >= 15 is 0 Å². The number of rotatable bonds is 3. The average Bonchev–Trinajstić information content (AvgIpc) is 2.94. The highest BCUT2D eigenvalue weighted by molar-refractivity contribution is 7.17. The van der Waals surface area contributed by atoms with Crippen LogP contribution >= 0.6 is 22.9 Å². The van der Waals surface area contributed by atoms with Crippen molar-refractivity contribution in [1.29, 1.82) is 0 Å². The Bertz CT molecular complexity index is 792. The second-order valence-electron chi connectivity index (χ2n) is 4.32. The highest BCUT2D eigenvalue weighted by Gasteiger charge is 2.17. The molecule has 1 heterocycles. The summed E-state index contributed by atoms with van der Waals surface area (Å²) in [4.78, 5) is 12.8. The normalized spacial score (nSPS) is 10.7. The summed E-state index contributed by atoms with van der Waals surface area (Å²) in [6.45, 7) is 0. The molecule has 4 heteroatoms. The van der Waals surface area contributed by atoms with Crippen LogP contribution in [0.4, 0.5) is 0 Å². The van der Waals surface area contributed by atoms with Gasteiger partial charge in [-0.1, -0.05) is 23.7 Å². The van der Waals surface area contributed by atoms with E-state index in [4.69, 9.17) is 16.3 Å². The van der Waals surface area contributed by atoms with Crippen LogP contribution in [0.15, 0.2) is 47.8 Å². The molecule has 2 nitrogen and oxygen atoms in total. The molecule has 1 aromatic heterocycles. The predicted octanol–water partition coefficient (Wildman–Crippen LogP) is 4.79. The van der Waals surface area contributed by atoms with Crippen LogP contribution in [0.2, 0.25) is 5.02 Å². The van der Waals surface area contributed by atoms with Crippen LogP contribution in [-0.4, -0.2) is 12.9 Å². The lowest BCUT2D eigenvalue weighted by Crippen LogP contribution is -2.04. The number of carbonyl (C=O) groups is 1. The standard InChI is InChI=1S/C16H11ClO2S/c1-19-14-6-5-11(17)9-13(14)15(18)12-4-2-3-10-7-8-20-16(10)12/h2-9H,1H3. The molecule has 20 heavy (non-hydrogen) atoms. The third-order valence-electron chi connectivity index (χ3n) is 3.13. The van der Waals surface area contributed by atoms with Gasteiger partial charge < -0.3 is 4.74 Å². The van der Waals surface area contributed by atoms with Crippen molar-refractivity contribution in [1.82, 2.24) is 0 Å². The molecular formula is C16H11ClO2S. The molecule has 0 spiro atoms. The Hall–Kier alpha value is -1.84. The molecule has 0 atom stereocenters. The Kier molecular flexibility index (Phi) is 3.47. The van der Waals surface area contributed by atoms with Gasteiger partial charge in [0.15, 0.2) is 5.78 Å². The van der Waals surface area contributed by atoms with Gasteiger partial charge in [-0.3, -0.25) is 4.79 Å². The topological polar surface area (TPSA) is 26.3 Å². The molecule has 0 aliphatic carbocycles. The van der Waals surface area contributed by atoms with E-state index in [2.05, 4.69) is 0 Å². The first-order chi connectivity index (χ1) is 9.70. The van der Waals surface area contributed by atoms with Crippen LogP contribution in [-0.2, 0) is 0 Å². The molecule has 2 aromatic carbocycles. The zero-order valence-electron chi connectivity index (χ0n) is 10.7. The summed E-state index contributed by atoms with van der Waals surface area (Å²) in [6.07, 6.45) is 0. The second kappa shape index (κ2) is 5.27. The number of hydrogen-bond acceptors (Lipinski definition) is 3. The summed E-state index contributed by atoms with van der Waals surface area (Å²) in [7, 11) is 1.55. The fourth-order valence-corrected chi connectivity index (χ4v) is 3.26. The van der Waals surface area contributed by atoms with E-state index in [0.29, 0.717) is 21.9 Å². The molecule has 0 aliphatic heterocycles. The number of thiophene rings is 1. The largest absolute Gasteiger partial charge is 0.496 e. The zero-order valence-corrected chi connectivity index (χ0v) is 12.3. The summed E-state index contributed by atoms with van der Waals surface area (Å²) in [6, 6.07) is 12.8. The number of benzene rings is 2. The lowest BCUT2D eigenvalue weighted by atomic mass is 10.0. The minimum Gasteiger partial charge on any atom is -0.496 e. The number of ketones is 1. The van der Waals surface area contributed by atoms with E-state index < -0.39 is 0 Å². The van der Waals surface area contributed by atoms with Crippen LogP contribution in [0.5, 0.6) is 5.75 Å². The van der Waals surface area contributed by atoms with Gasteiger partial charge >= 0.3 is 0 Å². The summed E-state index contributed by atoms with van der Waals surface area (Å²) in [5.41, 5.74) is 1.17. The van der Waals surface area contributed by atoms with Crippen molar-refractivity contribution in [2.24, 2.45) is 0 Å². The van der Waals surface area contributed by atoms with Gasteiger partial charge in [0.05, 0.1) is 12.7 Å². The first kappa shape index (κ1) is 13.2. The average molecular weight is 303 g/mol. The Morgan fingerprint density at radius 1 is 1.15 bits per heavy atom. The van der Waals surface area contributed by atoms with Crippen molar-refractivity contribution in [2.45, 2.75) is 0 Å². The first-order valence-corrected chi connectivity index (χ1v) is 7.31. The van der Waals surface area contributed by atoms with Gasteiger partial charge in [0.1, 0.15) is 5.75 Å². The Morgan fingerprint density at radius 2 is 2.00 bits per heavy atom. The monoisotopic (exact) mass is 302 g/mol. The summed E-state index contributed by atoms with van der Waals surface area (Å²) < 4.78 is 6.25. The predicted molar refractivity (Wildman–Crippen MR) is 83.3 cm³/mol. The fraction of sp³-hybridized carbons (Fsp3) is 0.0625. The van der Waals surface area contributed by atoms with Gasteiger partial charge in [-0.25, -0.2) is 0 Å². The molecule has 100 valence electrons. The third kappa shape index (κ3) is 2.19. The van der Waals surface area contributed by atoms with E-state index in [-0.39, 0.29) is 5.78 Å². The maximum atomic E-state index is 12.8. The number of fused-ring (bicyclic) bond motifs is 1. The number of carbonyl (C=O) groups excluding carboxylic acids is 1. The number of ether oxygens (including phenoxy) is 1. The van der Waals surface area contributed by atoms with Crippen molar-refractivity contribution in [3.05, 3.63) is 64.0 Å². The second-order valence-corrected chi connectivity index (χ2v) is 5.67. The molecule has 3 aromatic rings. The van der Waals surface area contributed by atoms with E-state index in [1.807, 2.05) is 29.6 Å².